The van der Waals surface area contributed by atoms with E-state index >= 15 is 0 Å². The van der Waals surface area contributed by atoms with Crippen LogP contribution in [0.15, 0.2) is 0 Å². The molecule has 0 saturated carbocycles. The number of carbonyl (C=O) groups excluding carboxylic acids is 1. The fourth-order valence-corrected chi connectivity index (χ4v) is 3.25. The van der Waals surface area contributed by atoms with Gasteiger partial charge in [0.15, 0.2) is 0 Å². The van der Waals surface area contributed by atoms with Gasteiger partial charge in [-0.1, -0.05) is 13.8 Å². The van der Waals surface area contributed by atoms with Crippen molar-refractivity contribution in [2.45, 2.75) is 58.0 Å². The highest BCUT2D eigenvalue weighted by Gasteiger charge is 2.39. The summed E-state index contributed by atoms with van der Waals surface area (Å²) < 4.78 is 0. The molecule has 19 heavy (non-hydrogen) atoms. The average Bonchev–Trinajstić information content (AvgIpc) is 2.68. The van der Waals surface area contributed by atoms with Gasteiger partial charge in [0.2, 0.25) is 0 Å². The van der Waals surface area contributed by atoms with Crippen molar-refractivity contribution >= 4 is 23.8 Å². The topological polar surface area (TPSA) is 69.6 Å². The lowest BCUT2D eigenvalue weighted by atomic mass is 10.0. The van der Waals surface area contributed by atoms with E-state index < -0.39 is 12.0 Å². The Balaban J connectivity index is 2.53. The molecule has 6 heteroatoms. The third kappa shape index (κ3) is 4.60. The lowest BCUT2D eigenvalue weighted by molar-refractivity contribution is -0.141. The predicted octanol–water partition coefficient (Wildman–Crippen LogP) is 2.37. The molecular weight excluding hydrogens is 264 g/mol. The number of amides is 2. The zero-order valence-corrected chi connectivity index (χ0v) is 12.9. The molecule has 1 rings (SSSR count). The Hall–Kier alpha value is -0.910. The van der Waals surface area contributed by atoms with E-state index in [0.717, 1.165) is 12.8 Å². The summed E-state index contributed by atoms with van der Waals surface area (Å²) in [6.45, 7) is 8.12. The van der Waals surface area contributed by atoms with Crippen LogP contribution >= 0.6 is 11.8 Å². The molecular formula is C13H24N2O3S. The molecule has 1 aliphatic rings. The summed E-state index contributed by atoms with van der Waals surface area (Å²) in [5.74, 6) is 0.138. The zero-order valence-electron chi connectivity index (χ0n) is 12.0. The molecule has 1 heterocycles. The number of hydrogen-bond donors (Lipinski definition) is 2. The lowest BCUT2D eigenvalue weighted by Crippen LogP contribution is -2.51. The number of nitrogens with zero attached hydrogens (tertiary/aromatic N) is 1. The van der Waals surface area contributed by atoms with Crippen LogP contribution in [0.2, 0.25) is 0 Å². The molecule has 0 bridgehead atoms. The summed E-state index contributed by atoms with van der Waals surface area (Å²) in [6.07, 6.45) is 1.96. The molecule has 0 aromatic carbocycles. The third-order valence-corrected chi connectivity index (χ3v) is 4.51. The van der Waals surface area contributed by atoms with Gasteiger partial charge >= 0.3 is 12.0 Å². The molecule has 0 aliphatic carbocycles. The van der Waals surface area contributed by atoms with Gasteiger partial charge in [-0.15, -0.1) is 11.8 Å². The van der Waals surface area contributed by atoms with Crippen molar-refractivity contribution < 1.29 is 14.7 Å². The normalized spacial score (nSPS) is 24.6. The first-order valence-corrected chi connectivity index (χ1v) is 7.81. The predicted molar refractivity (Wildman–Crippen MR) is 77.2 cm³/mol. The summed E-state index contributed by atoms with van der Waals surface area (Å²) >= 11 is 1.50. The Morgan fingerprint density at radius 1 is 1.37 bits per heavy atom. The fourth-order valence-electron chi connectivity index (χ4n) is 2.08. The number of rotatable bonds is 5. The quantitative estimate of drug-likeness (QED) is 0.815. The zero-order chi connectivity index (χ0) is 14.6. The van der Waals surface area contributed by atoms with Crippen molar-refractivity contribution in [1.29, 1.82) is 0 Å². The SMILES string of the molecule is CC(C)CCC(C)NC(=O)N1C(C)SCC1C(=O)O. The fraction of sp³-hybridized carbons (Fsp3) is 0.846. The van der Waals surface area contributed by atoms with Crippen LogP contribution in [0.5, 0.6) is 0 Å². The Kier molecular flexibility index (Phi) is 5.97. The molecule has 1 fully saturated rings. The lowest BCUT2D eigenvalue weighted by Gasteiger charge is -2.27. The number of thioether (sulfide) groups is 1. The van der Waals surface area contributed by atoms with Crippen molar-refractivity contribution in [3.05, 3.63) is 0 Å². The largest absolute Gasteiger partial charge is 0.480 e. The van der Waals surface area contributed by atoms with Gasteiger partial charge in [-0.2, -0.15) is 0 Å². The van der Waals surface area contributed by atoms with E-state index in [4.69, 9.17) is 5.11 Å². The summed E-state index contributed by atoms with van der Waals surface area (Å²) in [5.41, 5.74) is 0. The Labute approximate surface area is 119 Å². The molecule has 5 nitrogen and oxygen atoms in total. The molecule has 3 atom stereocenters. The van der Waals surface area contributed by atoms with E-state index in [2.05, 4.69) is 19.2 Å². The summed E-state index contributed by atoms with van der Waals surface area (Å²) in [7, 11) is 0. The van der Waals surface area contributed by atoms with Crippen LogP contribution in [0.25, 0.3) is 0 Å². The van der Waals surface area contributed by atoms with Crippen LogP contribution in [0, 0.1) is 5.92 Å². The third-order valence-electron chi connectivity index (χ3n) is 3.29. The molecule has 0 aromatic heterocycles. The number of nitrogens with one attached hydrogen (secondary N) is 1. The van der Waals surface area contributed by atoms with Crippen LogP contribution in [-0.2, 0) is 4.79 Å². The summed E-state index contributed by atoms with van der Waals surface area (Å²) in [6, 6.07) is -0.902. The molecule has 3 unspecified atom stereocenters. The minimum Gasteiger partial charge on any atom is -0.480 e. The van der Waals surface area contributed by atoms with E-state index in [1.807, 2.05) is 13.8 Å². The highest BCUT2D eigenvalue weighted by atomic mass is 32.2. The van der Waals surface area contributed by atoms with Crippen LogP contribution in [-0.4, -0.2) is 45.2 Å². The number of urea groups is 1. The second-order valence-electron chi connectivity index (χ2n) is 5.52. The smallest absolute Gasteiger partial charge is 0.327 e. The van der Waals surface area contributed by atoms with Crippen LogP contribution in [0.3, 0.4) is 0 Å². The molecule has 0 spiro atoms. The first-order chi connectivity index (χ1) is 8.82. The van der Waals surface area contributed by atoms with Gasteiger partial charge in [0.25, 0.3) is 0 Å². The van der Waals surface area contributed by atoms with E-state index in [-0.39, 0.29) is 17.4 Å². The maximum Gasteiger partial charge on any atom is 0.327 e. The number of carboxylic acids is 1. The minimum atomic E-state index is -0.929. The maximum absolute atomic E-state index is 12.2. The van der Waals surface area contributed by atoms with E-state index in [1.165, 1.54) is 16.7 Å². The van der Waals surface area contributed by atoms with Gasteiger partial charge in [-0.25, -0.2) is 9.59 Å². The number of carbonyl (C=O) groups is 2. The number of aliphatic carboxylic acids is 1. The van der Waals surface area contributed by atoms with Gasteiger partial charge in [0.1, 0.15) is 6.04 Å². The minimum absolute atomic E-state index is 0.0714. The van der Waals surface area contributed by atoms with Gasteiger partial charge in [0.05, 0.1) is 5.37 Å². The van der Waals surface area contributed by atoms with Gasteiger partial charge < -0.3 is 10.4 Å². The maximum atomic E-state index is 12.2. The van der Waals surface area contributed by atoms with Crippen molar-refractivity contribution in [2.75, 3.05) is 5.75 Å². The Morgan fingerprint density at radius 3 is 2.53 bits per heavy atom. The van der Waals surface area contributed by atoms with E-state index in [0.29, 0.717) is 11.7 Å². The first kappa shape index (κ1) is 16.1. The summed E-state index contributed by atoms with van der Waals surface area (Å²) in [5, 5.41) is 11.9. The molecule has 0 radical (unpaired) electrons. The average molecular weight is 288 g/mol. The summed E-state index contributed by atoms with van der Waals surface area (Å²) in [4.78, 5) is 24.7. The molecule has 1 aliphatic heterocycles. The first-order valence-electron chi connectivity index (χ1n) is 6.76. The van der Waals surface area contributed by atoms with Crippen molar-refractivity contribution in [1.82, 2.24) is 10.2 Å². The van der Waals surface area contributed by atoms with Gasteiger partial charge in [-0.3, -0.25) is 4.90 Å². The molecule has 110 valence electrons. The van der Waals surface area contributed by atoms with E-state index in [9.17, 15) is 9.59 Å². The van der Waals surface area contributed by atoms with Crippen LogP contribution in [0.1, 0.15) is 40.5 Å². The van der Waals surface area contributed by atoms with E-state index in [1.54, 1.807) is 0 Å². The molecule has 0 aromatic rings. The van der Waals surface area contributed by atoms with Crippen molar-refractivity contribution in [2.24, 2.45) is 5.92 Å². The van der Waals surface area contributed by atoms with Gasteiger partial charge in [-0.05, 0) is 32.6 Å². The second-order valence-corrected chi connectivity index (χ2v) is 6.86. The molecule has 1 saturated heterocycles. The van der Waals surface area contributed by atoms with Gasteiger partial charge in [0, 0.05) is 11.8 Å². The Morgan fingerprint density at radius 2 is 2.00 bits per heavy atom. The molecule has 2 amide bonds. The number of carboxylic acid groups (broad SMARTS) is 1. The standard InChI is InChI=1S/C13H24N2O3S/c1-8(2)5-6-9(3)14-13(18)15-10(4)19-7-11(15)12(16)17/h8-11H,5-7H2,1-4H3,(H,14,18)(H,16,17). The monoisotopic (exact) mass is 288 g/mol. The highest BCUT2D eigenvalue weighted by molar-refractivity contribution is 8.00. The molecule has 2 N–H and O–H groups in total. The van der Waals surface area contributed by atoms with Crippen molar-refractivity contribution in [3.8, 4) is 0 Å². The van der Waals surface area contributed by atoms with Crippen molar-refractivity contribution in [3.63, 3.8) is 0 Å². The van der Waals surface area contributed by atoms with Crippen LogP contribution in [0.4, 0.5) is 4.79 Å². The number of hydrogen-bond acceptors (Lipinski definition) is 3. The highest BCUT2D eigenvalue weighted by Crippen LogP contribution is 2.28. The Bertz CT molecular complexity index is 336. The second kappa shape index (κ2) is 7.03. The van der Waals surface area contributed by atoms with Crippen LogP contribution < -0.4 is 5.32 Å².